The molecule has 0 spiro atoms. The first kappa shape index (κ1) is 20.2. The maximum atomic E-state index is 12.6. The molecule has 2 aliphatic rings. The fourth-order valence-electron chi connectivity index (χ4n) is 3.57. The van der Waals surface area contributed by atoms with E-state index < -0.39 is 0 Å². The van der Waals surface area contributed by atoms with Crippen molar-refractivity contribution in [1.29, 1.82) is 0 Å². The summed E-state index contributed by atoms with van der Waals surface area (Å²) in [7, 11) is 0. The zero-order valence-corrected chi connectivity index (χ0v) is 17.3. The topological polar surface area (TPSA) is 52.6 Å². The maximum Gasteiger partial charge on any atom is 0.310 e. The van der Waals surface area contributed by atoms with Crippen LogP contribution in [0.25, 0.3) is 0 Å². The van der Waals surface area contributed by atoms with E-state index in [4.69, 9.17) is 9.47 Å². The number of hydrogen-bond acceptors (Lipinski definition) is 5. The van der Waals surface area contributed by atoms with Crippen molar-refractivity contribution in [3.8, 4) is 0 Å². The van der Waals surface area contributed by atoms with Gasteiger partial charge in [0.2, 0.25) is 5.12 Å². The highest BCUT2D eigenvalue weighted by atomic mass is 32.2. The molecular weight excluding hydrogens is 360 g/mol. The summed E-state index contributed by atoms with van der Waals surface area (Å²) in [6, 6.07) is 7.94. The summed E-state index contributed by atoms with van der Waals surface area (Å²) in [6.45, 7) is 8.96. The van der Waals surface area contributed by atoms with E-state index in [0.717, 1.165) is 28.9 Å². The van der Waals surface area contributed by atoms with Crippen molar-refractivity contribution in [2.24, 2.45) is 17.3 Å². The van der Waals surface area contributed by atoms with E-state index in [1.165, 1.54) is 11.8 Å². The van der Waals surface area contributed by atoms with Gasteiger partial charge in [0.1, 0.15) is 6.61 Å². The fourth-order valence-corrected chi connectivity index (χ4v) is 4.43. The average Bonchev–Trinajstić information content (AvgIpc) is 2.93. The second-order valence-corrected chi connectivity index (χ2v) is 9.26. The van der Waals surface area contributed by atoms with Gasteiger partial charge in [0.05, 0.1) is 18.6 Å². The van der Waals surface area contributed by atoms with E-state index in [0.29, 0.717) is 6.61 Å². The first-order chi connectivity index (χ1) is 12.8. The third-order valence-electron chi connectivity index (χ3n) is 5.37. The molecule has 1 aromatic rings. The minimum absolute atomic E-state index is 0.0911. The van der Waals surface area contributed by atoms with Gasteiger partial charge in [-0.1, -0.05) is 56.0 Å². The Hall–Kier alpha value is -1.59. The Kier molecular flexibility index (Phi) is 6.11. The summed E-state index contributed by atoms with van der Waals surface area (Å²) in [5.41, 5.74) is 2.75. The molecule has 2 fully saturated rings. The zero-order valence-electron chi connectivity index (χ0n) is 16.5. The van der Waals surface area contributed by atoms with Crippen LogP contribution in [0.1, 0.15) is 45.2 Å². The SMILES string of the molecule is CC(C)OCc1cccc(COC(=O)[C@@H]2[C@H](/C=C3\CCSC3=O)C2(C)C)c1. The van der Waals surface area contributed by atoms with Crippen LogP contribution in [-0.4, -0.2) is 22.9 Å². The molecule has 1 saturated carbocycles. The van der Waals surface area contributed by atoms with Crippen molar-refractivity contribution < 1.29 is 19.1 Å². The molecule has 5 heteroatoms. The van der Waals surface area contributed by atoms with Crippen molar-refractivity contribution >= 4 is 22.8 Å². The number of esters is 1. The maximum absolute atomic E-state index is 12.6. The van der Waals surface area contributed by atoms with Gasteiger partial charge in [0.25, 0.3) is 0 Å². The first-order valence-electron chi connectivity index (χ1n) is 9.53. The van der Waals surface area contributed by atoms with Crippen LogP contribution in [0.2, 0.25) is 0 Å². The highest BCUT2D eigenvalue weighted by Gasteiger charge is 2.61. The number of benzene rings is 1. The van der Waals surface area contributed by atoms with Gasteiger partial charge in [-0.2, -0.15) is 0 Å². The molecule has 1 aromatic carbocycles. The molecule has 2 atom stereocenters. The van der Waals surface area contributed by atoms with Gasteiger partial charge in [-0.15, -0.1) is 0 Å². The molecule has 1 aliphatic carbocycles. The molecule has 4 nitrogen and oxygen atoms in total. The molecule has 3 rings (SSSR count). The molecule has 1 heterocycles. The molecule has 27 heavy (non-hydrogen) atoms. The van der Waals surface area contributed by atoms with Crippen LogP contribution in [0.4, 0.5) is 0 Å². The van der Waals surface area contributed by atoms with E-state index in [-0.39, 0.29) is 41.0 Å². The Morgan fingerprint density at radius 1 is 1.30 bits per heavy atom. The lowest BCUT2D eigenvalue weighted by molar-refractivity contribution is -0.147. The van der Waals surface area contributed by atoms with E-state index in [2.05, 4.69) is 13.8 Å². The van der Waals surface area contributed by atoms with Crippen molar-refractivity contribution in [1.82, 2.24) is 0 Å². The number of rotatable bonds is 7. The van der Waals surface area contributed by atoms with Gasteiger partial charge in [0, 0.05) is 11.3 Å². The monoisotopic (exact) mass is 388 g/mol. The predicted octanol–water partition coefficient (Wildman–Crippen LogP) is 4.52. The Labute approximate surface area is 165 Å². The Bertz CT molecular complexity index is 750. The standard InChI is InChI=1S/C22H28O4S/c1-14(2)25-12-15-6-5-7-16(10-15)13-26-20(23)19-18(22(19,3)4)11-17-8-9-27-21(17)24/h5-7,10-11,14,18-19H,8-9,12-13H2,1-4H3/b17-11+/t18-,19-/m0/s1. The van der Waals surface area contributed by atoms with Gasteiger partial charge in [-0.3, -0.25) is 9.59 Å². The van der Waals surface area contributed by atoms with Gasteiger partial charge < -0.3 is 9.47 Å². The molecule has 146 valence electrons. The van der Waals surface area contributed by atoms with E-state index in [1.807, 2.05) is 44.2 Å². The zero-order chi connectivity index (χ0) is 19.6. The minimum atomic E-state index is -0.177. The summed E-state index contributed by atoms with van der Waals surface area (Å²) in [5.74, 6) is 0.595. The largest absolute Gasteiger partial charge is 0.461 e. The van der Waals surface area contributed by atoms with E-state index >= 15 is 0 Å². The second kappa shape index (κ2) is 8.19. The smallest absolute Gasteiger partial charge is 0.310 e. The Morgan fingerprint density at radius 3 is 2.63 bits per heavy atom. The highest BCUT2D eigenvalue weighted by molar-refractivity contribution is 8.14. The summed E-state index contributed by atoms with van der Waals surface area (Å²) in [6.07, 6.45) is 3.00. The quantitative estimate of drug-likeness (QED) is 0.508. The van der Waals surface area contributed by atoms with Gasteiger partial charge in [0.15, 0.2) is 0 Å². The van der Waals surface area contributed by atoms with Crippen molar-refractivity contribution in [3.05, 3.63) is 47.0 Å². The number of carbonyl (C=O) groups is 2. The second-order valence-electron chi connectivity index (χ2n) is 8.19. The Morgan fingerprint density at radius 2 is 2.00 bits per heavy atom. The normalized spacial score (nSPS) is 25.2. The lowest BCUT2D eigenvalue weighted by Gasteiger charge is -2.10. The van der Waals surface area contributed by atoms with Crippen molar-refractivity contribution in [2.45, 2.75) is 53.4 Å². The third kappa shape index (κ3) is 4.82. The Balaban J connectivity index is 1.56. The molecule has 0 radical (unpaired) electrons. The molecule has 1 aliphatic heterocycles. The molecule has 0 bridgehead atoms. The minimum Gasteiger partial charge on any atom is -0.461 e. The van der Waals surface area contributed by atoms with Gasteiger partial charge in [-0.25, -0.2) is 0 Å². The average molecular weight is 389 g/mol. The van der Waals surface area contributed by atoms with Crippen molar-refractivity contribution in [2.75, 3.05) is 5.75 Å². The first-order valence-corrected chi connectivity index (χ1v) is 10.5. The van der Waals surface area contributed by atoms with E-state index in [1.54, 1.807) is 0 Å². The number of carbonyl (C=O) groups excluding carboxylic acids is 2. The lowest BCUT2D eigenvalue weighted by Crippen LogP contribution is -2.11. The summed E-state index contributed by atoms with van der Waals surface area (Å²) >= 11 is 1.37. The molecule has 0 aromatic heterocycles. The summed E-state index contributed by atoms with van der Waals surface area (Å²) < 4.78 is 11.2. The number of thioether (sulfide) groups is 1. The summed E-state index contributed by atoms with van der Waals surface area (Å²) in [5, 5.41) is 0.158. The van der Waals surface area contributed by atoms with Crippen LogP contribution in [0, 0.1) is 17.3 Å². The molecular formula is C22H28O4S. The molecule has 0 N–H and O–H groups in total. The fraction of sp³-hybridized carbons (Fsp3) is 0.545. The van der Waals surface area contributed by atoms with Gasteiger partial charge >= 0.3 is 5.97 Å². The van der Waals surface area contributed by atoms with Crippen LogP contribution in [-0.2, 0) is 32.3 Å². The number of ether oxygens (including phenoxy) is 2. The van der Waals surface area contributed by atoms with Crippen LogP contribution < -0.4 is 0 Å². The third-order valence-corrected chi connectivity index (χ3v) is 6.30. The number of hydrogen-bond donors (Lipinski definition) is 0. The van der Waals surface area contributed by atoms with Crippen LogP contribution in [0.3, 0.4) is 0 Å². The van der Waals surface area contributed by atoms with Crippen LogP contribution in [0.5, 0.6) is 0 Å². The highest BCUT2D eigenvalue weighted by Crippen LogP contribution is 2.60. The van der Waals surface area contributed by atoms with Crippen molar-refractivity contribution in [3.63, 3.8) is 0 Å². The van der Waals surface area contributed by atoms with Gasteiger partial charge in [-0.05, 0) is 42.7 Å². The molecule has 0 amide bonds. The summed E-state index contributed by atoms with van der Waals surface area (Å²) in [4.78, 5) is 24.4. The molecule has 0 unspecified atom stereocenters. The number of allylic oxidation sites excluding steroid dienone is 1. The van der Waals surface area contributed by atoms with Crippen LogP contribution >= 0.6 is 11.8 Å². The van der Waals surface area contributed by atoms with E-state index in [9.17, 15) is 9.59 Å². The predicted molar refractivity (Wildman–Crippen MR) is 107 cm³/mol. The van der Waals surface area contributed by atoms with Crippen LogP contribution in [0.15, 0.2) is 35.9 Å². The lowest BCUT2D eigenvalue weighted by atomic mass is 10.1. The molecule has 1 saturated heterocycles.